The van der Waals surface area contributed by atoms with Gasteiger partial charge in [-0.1, -0.05) is 0 Å². The molecule has 0 aliphatic carbocycles. The smallest absolute Gasteiger partial charge is 0.353 e. The van der Waals surface area contributed by atoms with E-state index in [1.165, 1.54) is 26.8 Å². The number of carboxylic acids is 1. The Morgan fingerprint density at radius 1 is 1.61 bits per heavy atom. The van der Waals surface area contributed by atoms with E-state index in [0.717, 1.165) is 0 Å². The van der Waals surface area contributed by atoms with E-state index in [0.29, 0.717) is 11.4 Å². The van der Waals surface area contributed by atoms with E-state index in [2.05, 4.69) is 15.5 Å². The first-order valence-corrected chi connectivity index (χ1v) is 5.90. The maximum atomic E-state index is 11.9. The number of fused-ring (bicyclic) bond motifs is 1. The van der Waals surface area contributed by atoms with Gasteiger partial charge in [0, 0.05) is 12.5 Å². The lowest BCUT2D eigenvalue weighted by Gasteiger charge is -2.36. The summed E-state index contributed by atoms with van der Waals surface area (Å²) in [5.74, 6) is -0.957. The second-order valence-electron chi connectivity index (χ2n) is 3.73. The maximum Gasteiger partial charge on any atom is 0.353 e. The van der Waals surface area contributed by atoms with Crippen LogP contribution in [0.25, 0.3) is 6.08 Å². The standard InChI is InChI=1S/C9H7N5O3S/c1-13-6(10-11-12-13)2-4-7(15)14-5(9(16)17)3-18-8(4)14/h2-3,8H,1H3,(H,16,17)/b4-2-/t8-/m0/s1. The number of thioether (sulfide) groups is 1. The van der Waals surface area contributed by atoms with E-state index in [1.54, 1.807) is 13.1 Å². The number of carbonyl (C=O) groups is 2. The van der Waals surface area contributed by atoms with Gasteiger partial charge in [-0.25, -0.2) is 9.48 Å². The summed E-state index contributed by atoms with van der Waals surface area (Å²) < 4.78 is 1.44. The third-order valence-electron chi connectivity index (χ3n) is 2.69. The zero-order valence-corrected chi connectivity index (χ0v) is 9.96. The second-order valence-corrected chi connectivity index (χ2v) is 4.69. The van der Waals surface area contributed by atoms with Gasteiger partial charge in [0.05, 0.1) is 5.57 Å². The SMILES string of the molecule is Cn1nnnc1/C=C1/C(=O)N2C(C(=O)O)=CS[C@@H]12. The topological polar surface area (TPSA) is 101 Å². The fraction of sp³-hybridized carbons (Fsp3) is 0.222. The number of hydrogen-bond acceptors (Lipinski definition) is 6. The molecule has 1 amide bonds. The number of carbonyl (C=O) groups excluding carboxylic acids is 1. The Labute approximate surface area is 105 Å². The summed E-state index contributed by atoms with van der Waals surface area (Å²) in [6.45, 7) is 0. The Balaban J connectivity index is 1.89. The monoisotopic (exact) mass is 265 g/mol. The second kappa shape index (κ2) is 3.67. The van der Waals surface area contributed by atoms with Crippen molar-refractivity contribution >= 4 is 29.7 Å². The number of aromatic nitrogens is 4. The normalized spacial score (nSPS) is 23.9. The highest BCUT2D eigenvalue weighted by Gasteiger charge is 2.49. The summed E-state index contributed by atoms with van der Waals surface area (Å²) in [4.78, 5) is 24.0. The van der Waals surface area contributed by atoms with Crippen molar-refractivity contribution in [1.82, 2.24) is 25.1 Å². The van der Waals surface area contributed by atoms with E-state index in [4.69, 9.17) is 5.11 Å². The van der Waals surface area contributed by atoms with Gasteiger partial charge in [0.1, 0.15) is 11.1 Å². The molecule has 1 fully saturated rings. The summed E-state index contributed by atoms with van der Waals surface area (Å²) >= 11 is 1.28. The summed E-state index contributed by atoms with van der Waals surface area (Å²) in [7, 11) is 1.66. The fourth-order valence-electron chi connectivity index (χ4n) is 1.76. The largest absolute Gasteiger partial charge is 0.477 e. The lowest BCUT2D eigenvalue weighted by Crippen LogP contribution is -2.51. The maximum absolute atomic E-state index is 11.9. The highest BCUT2D eigenvalue weighted by molar-refractivity contribution is 8.03. The van der Waals surface area contributed by atoms with Crippen LogP contribution in [0, 0.1) is 0 Å². The minimum atomic E-state index is -1.10. The molecule has 1 aromatic heterocycles. The van der Waals surface area contributed by atoms with Crippen LogP contribution in [0.15, 0.2) is 16.7 Å². The molecule has 92 valence electrons. The third-order valence-corrected chi connectivity index (χ3v) is 3.77. The van der Waals surface area contributed by atoms with Gasteiger partial charge in [-0.3, -0.25) is 9.69 Å². The quantitative estimate of drug-likeness (QED) is 0.564. The number of tetrazole rings is 1. The van der Waals surface area contributed by atoms with Crippen molar-refractivity contribution in [2.75, 3.05) is 0 Å². The molecule has 0 bridgehead atoms. The van der Waals surface area contributed by atoms with Crippen LogP contribution in [0.1, 0.15) is 5.82 Å². The van der Waals surface area contributed by atoms with Crippen LogP contribution in [-0.4, -0.2) is 47.5 Å². The Bertz CT molecular complexity index is 619. The third kappa shape index (κ3) is 1.37. The number of hydrogen-bond donors (Lipinski definition) is 1. The molecule has 1 saturated heterocycles. The van der Waals surface area contributed by atoms with Crippen molar-refractivity contribution in [3.63, 3.8) is 0 Å². The molecule has 1 N–H and O–H groups in total. The Kier molecular flexibility index (Phi) is 2.23. The molecular weight excluding hydrogens is 258 g/mol. The van der Waals surface area contributed by atoms with Gasteiger partial charge in [0.25, 0.3) is 5.91 Å². The molecule has 8 nitrogen and oxygen atoms in total. The van der Waals surface area contributed by atoms with E-state index in [9.17, 15) is 9.59 Å². The number of β-lactam (4-membered cyclic amide) rings is 1. The number of aliphatic carboxylic acids is 1. The molecule has 3 heterocycles. The lowest BCUT2D eigenvalue weighted by atomic mass is 10.0. The summed E-state index contributed by atoms with van der Waals surface area (Å²) in [5.41, 5.74) is 0.522. The van der Waals surface area contributed by atoms with Crippen molar-refractivity contribution in [3.05, 3.63) is 22.5 Å². The number of rotatable bonds is 2. The van der Waals surface area contributed by atoms with Crippen molar-refractivity contribution in [2.45, 2.75) is 5.37 Å². The fourth-order valence-corrected chi connectivity index (χ4v) is 2.88. The summed E-state index contributed by atoms with van der Waals surface area (Å²) in [5, 5.41) is 21.0. The first kappa shape index (κ1) is 11.0. The highest BCUT2D eigenvalue weighted by atomic mass is 32.2. The Morgan fingerprint density at radius 2 is 2.39 bits per heavy atom. The molecule has 1 atom stereocenters. The Hall–Kier alpha value is -2.16. The van der Waals surface area contributed by atoms with Crippen LogP contribution in [0.5, 0.6) is 0 Å². The van der Waals surface area contributed by atoms with Crippen LogP contribution >= 0.6 is 11.8 Å². The zero-order chi connectivity index (χ0) is 12.9. The molecule has 9 heteroatoms. The molecule has 3 rings (SSSR count). The summed E-state index contributed by atoms with van der Waals surface area (Å²) in [6, 6.07) is 0. The first-order valence-electron chi connectivity index (χ1n) is 4.96. The van der Waals surface area contributed by atoms with E-state index < -0.39 is 5.97 Å². The van der Waals surface area contributed by atoms with Crippen molar-refractivity contribution in [1.29, 1.82) is 0 Å². The molecule has 0 radical (unpaired) electrons. The van der Waals surface area contributed by atoms with Gasteiger partial charge >= 0.3 is 5.97 Å². The lowest BCUT2D eigenvalue weighted by molar-refractivity contribution is -0.141. The first-order chi connectivity index (χ1) is 8.59. The van der Waals surface area contributed by atoms with E-state index in [1.807, 2.05) is 0 Å². The van der Waals surface area contributed by atoms with Gasteiger partial charge in [-0.15, -0.1) is 16.9 Å². The molecule has 0 unspecified atom stereocenters. The number of aryl methyl sites for hydroxylation is 1. The predicted octanol–water partition coefficient (Wildman–Crippen LogP) is -0.565. The van der Waals surface area contributed by atoms with Crippen molar-refractivity contribution in [3.8, 4) is 0 Å². The predicted molar refractivity (Wildman–Crippen MR) is 60.7 cm³/mol. The Morgan fingerprint density at radius 3 is 3.00 bits per heavy atom. The van der Waals surface area contributed by atoms with E-state index >= 15 is 0 Å². The molecule has 1 aromatic rings. The minimum Gasteiger partial charge on any atom is -0.477 e. The average molecular weight is 265 g/mol. The van der Waals surface area contributed by atoms with Crippen LogP contribution < -0.4 is 0 Å². The molecule has 2 aliphatic heterocycles. The summed E-state index contributed by atoms with van der Waals surface area (Å²) in [6.07, 6.45) is 1.58. The minimum absolute atomic E-state index is 0.0169. The molecule has 0 spiro atoms. The number of carboxylic acid groups (broad SMARTS) is 1. The van der Waals surface area contributed by atoms with Crippen LogP contribution in [-0.2, 0) is 16.6 Å². The van der Waals surface area contributed by atoms with Crippen LogP contribution in [0.3, 0.4) is 0 Å². The van der Waals surface area contributed by atoms with Crippen LogP contribution in [0.2, 0.25) is 0 Å². The molecule has 0 aromatic carbocycles. The highest BCUT2D eigenvalue weighted by Crippen LogP contribution is 2.44. The molecule has 0 saturated carbocycles. The van der Waals surface area contributed by atoms with Crippen LogP contribution in [0.4, 0.5) is 0 Å². The molecule has 18 heavy (non-hydrogen) atoms. The van der Waals surface area contributed by atoms with Crippen molar-refractivity contribution in [2.24, 2.45) is 7.05 Å². The van der Waals surface area contributed by atoms with Gasteiger partial charge in [-0.2, -0.15) is 0 Å². The van der Waals surface area contributed by atoms with Crippen molar-refractivity contribution < 1.29 is 14.7 Å². The zero-order valence-electron chi connectivity index (χ0n) is 9.14. The number of nitrogens with zero attached hydrogens (tertiary/aromatic N) is 5. The van der Waals surface area contributed by atoms with Gasteiger partial charge in [0.2, 0.25) is 0 Å². The average Bonchev–Trinajstić information content (AvgIpc) is 2.90. The molecule has 2 aliphatic rings. The van der Waals surface area contributed by atoms with Gasteiger partial charge in [0.15, 0.2) is 5.82 Å². The van der Waals surface area contributed by atoms with Gasteiger partial charge < -0.3 is 5.11 Å². The number of amides is 1. The van der Waals surface area contributed by atoms with Gasteiger partial charge in [-0.05, 0) is 16.5 Å². The van der Waals surface area contributed by atoms with E-state index in [-0.39, 0.29) is 17.0 Å². The molecular formula is C9H7N5O3S.